The molecule has 1 atom stereocenters. The van der Waals surface area contributed by atoms with Crippen LogP contribution < -0.4 is 10.6 Å². The molecule has 1 saturated heterocycles. The van der Waals surface area contributed by atoms with Crippen LogP contribution in [0.4, 0.5) is 14.9 Å². The van der Waals surface area contributed by atoms with Crippen LogP contribution in [0.25, 0.3) is 0 Å². The summed E-state index contributed by atoms with van der Waals surface area (Å²) in [6.45, 7) is 2.46. The van der Waals surface area contributed by atoms with Crippen molar-refractivity contribution in [2.75, 3.05) is 31.5 Å². The van der Waals surface area contributed by atoms with E-state index in [-0.39, 0.29) is 12.4 Å². The van der Waals surface area contributed by atoms with Crippen LogP contribution in [0.3, 0.4) is 0 Å². The fourth-order valence-corrected chi connectivity index (χ4v) is 3.74. The molecule has 7 heteroatoms. The number of likely N-dealkylation sites (tertiary alicyclic amines) is 1. The number of amides is 2. The number of carbonyl (C=O) groups is 1. The Morgan fingerprint density at radius 1 is 1.23 bits per heavy atom. The number of urea groups is 1. The number of rotatable bonds is 7. The average molecular weight is 410 g/mol. The van der Waals surface area contributed by atoms with Crippen molar-refractivity contribution in [2.24, 2.45) is 5.92 Å². The second-order valence-corrected chi connectivity index (χ2v) is 7.76. The Hall–Kier alpha value is -2.95. The van der Waals surface area contributed by atoms with Crippen LogP contribution in [0.5, 0.6) is 0 Å². The zero-order valence-electron chi connectivity index (χ0n) is 16.9. The van der Waals surface area contributed by atoms with Gasteiger partial charge in [0.1, 0.15) is 5.82 Å². The number of anilines is 1. The molecule has 1 aliphatic rings. The van der Waals surface area contributed by atoms with Crippen molar-refractivity contribution >= 4 is 11.7 Å². The van der Waals surface area contributed by atoms with Gasteiger partial charge in [0.25, 0.3) is 0 Å². The van der Waals surface area contributed by atoms with Crippen LogP contribution in [0.1, 0.15) is 24.0 Å². The number of nitrogens with one attached hydrogen (secondary N) is 2. The first-order valence-electron chi connectivity index (χ1n) is 10.2. The molecule has 158 valence electrons. The Morgan fingerprint density at radius 2 is 1.97 bits per heavy atom. The Kier molecular flexibility index (Phi) is 7.77. The maximum Gasteiger partial charge on any atom is 0.319 e. The minimum absolute atomic E-state index is 0.152. The molecule has 0 spiro atoms. The molecule has 2 aromatic carbocycles. The number of benzene rings is 2. The van der Waals surface area contributed by atoms with Gasteiger partial charge in [0.2, 0.25) is 0 Å². The first-order valence-corrected chi connectivity index (χ1v) is 10.2. The highest BCUT2D eigenvalue weighted by molar-refractivity contribution is 5.89. The predicted octanol–water partition coefficient (Wildman–Crippen LogP) is 3.13. The molecule has 3 rings (SSSR count). The molecule has 0 aromatic heterocycles. The Bertz CT molecular complexity index is 874. The van der Waals surface area contributed by atoms with E-state index in [0.29, 0.717) is 23.7 Å². The number of hydrogen-bond donors (Lipinski definition) is 3. The van der Waals surface area contributed by atoms with Gasteiger partial charge in [0, 0.05) is 18.8 Å². The van der Waals surface area contributed by atoms with E-state index in [1.54, 1.807) is 24.3 Å². The summed E-state index contributed by atoms with van der Waals surface area (Å²) in [5, 5.41) is 24.5. The molecule has 2 aromatic rings. The molecule has 2 amide bonds. The van der Waals surface area contributed by atoms with Gasteiger partial charge in [0.15, 0.2) is 0 Å². The molecule has 0 aliphatic carbocycles. The molecule has 1 aliphatic heterocycles. The summed E-state index contributed by atoms with van der Waals surface area (Å²) in [5.74, 6) is 0.359. The van der Waals surface area contributed by atoms with Gasteiger partial charge in [-0.3, -0.25) is 0 Å². The highest BCUT2D eigenvalue weighted by Crippen LogP contribution is 2.22. The van der Waals surface area contributed by atoms with E-state index in [1.165, 1.54) is 12.1 Å². The van der Waals surface area contributed by atoms with Gasteiger partial charge in [0.05, 0.1) is 17.7 Å². The Morgan fingerprint density at radius 3 is 2.67 bits per heavy atom. The van der Waals surface area contributed by atoms with Gasteiger partial charge >= 0.3 is 6.03 Å². The quantitative estimate of drug-likeness (QED) is 0.654. The molecule has 1 heterocycles. The topological polar surface area (TPSA) is 88.4 Å². The number of hydrogen-bond acceptors (Lipinski definition) is 4. The number of nitrogens with zero attached hydrogens (tertiary/aromatic N) is 2. The van der Waals surface area contributed by atoms with Gasteiger partial charge < -0.3 is 20.6 Å². The predicted molar refractivity (Wildman–Crippen MR) is 113 cm³/mol. The first-order chi connectivity index (χ1) is 14.5. The van der Waals surface area contributed by atoms with Crippen molar-refractivity contribution in [1.29, 1.82) is 5.26 Å². The van der Waals surface area contributed by atoms with Crippen molar-refractivity contribution in [2.45, 2.75) is 25.4 Å². The van der Waals surface area contributed by atoms with Crippen LogP contribution in [0.2, 0.25) is 0 Å². The fraction of sp³-hybridized carbons (Fsp3) is 0.391. The fourth-order valence-electron chi connectivity index (χ4n) is 3.74. The van der Waals surface area contributed by atoms with E-state index < -0.39 is 12.1 Å². The van der Waals surface area contributed by atoms with E-state index in [2.05, 4.69) is 15.5 Å². The van der Waals surface area contributed by atoms with Crippen LogP contribution in [-0.4, -0.2) is 48.3 Å². The average Bonchev–Trinajstić information content (AvgIpc) is 2.75. The van der Waals surface area contributed by atoms with E-state index in [1.807, 2.05) is 18.2 Å². The third kappa shape index (κ3) is 6.83. The lowest BCUT2D eigenvalue weighted by atomic mass is 9.90. The number of aliphatic hydroxyl groups excluding tert-OH is 1. The maximum atomic E-state index is 13.0. The van der Waals surface area contributed by atoms with E-state index >= 15 is 0 Å². The number of carbonyl (C=O) groups excluding carboxylic acids is 1. The molecule has 3 N–H and O–H groups in total. The zero-order valence-corrected chi connectivity index (χ0v) is 16.9. The van der Waals surface area contributed by atoms with Crippen LogP contribution in [-0.2, 0) is 6.42 Å². The largest absolute Gasteiger partial charge is 0.390 e. The molecular formula is C23H27FN4O2. The molecule has 1 unspecified atom stereocenters. The standard InChI is InChI=1S/C23H27FN4O2/c24-20-6-4-17(5-7-20)12-18-8-10-28(11-9-18)16-22(29)15-26-23(30)27-21-3-1-2-19(13-21)14-25/h1-7,13,18,22,29H,8-12,15-16H2,(H2,26,27,30). The molecule has 1 fully saturated rings. The van der Waals surface area contributed by atoms with Crippen molar-refractivity contribution in [1.82, 2.24) is 10.2 Å². The second kappa shape index (κ2) is 10.7. The number of nitriles is 1. The summed E-state index contributed by atoms with van der Waals surface area (Å²) < 4.78 is 13.0. The van der Waals surface area contributed by atoms with Gasteiger partial charge in [-0.25, -0.2) is 9.18 Å². The Balaban J connectivity index is 1.34. The summed E-state index contributed by atoms with van der Waals surface area (Å²) in [6.07, 6.45) is 2.36. The van der Waals surface area contributed by atoms with Crippen molar-refractivity contribution < 1.29 is 14.3 Å². The lowest BCUT2D eigenvalue weighted by Crippen LogP contribution is -2.44. The lowest BCUT2D eigenvalue weighted by molar-refractivity contribution is 0.0902. The minimum Gasteiger partial charge on any atom is -0.390 e. The van der Waals surface area contributed by atoms with Crippen molar-refractivity contribution in [3.63, 3.8) is 0 Å². The SMILES string of the molecule is N#Cc1cccc(NC(=O)NCC(O)CN2CCC(Cc3ccc(F)cc3)CC2)c1. The zero-order chi connectivity index (χ0) is 21.3. The van der Waals surface area contributed by atoms with E-state index in [4.69, 9.17) is 5.26 Å². The minimum atomic E-state index is -0.658. The highest BCUT2D eigenvalue weighted by Gasteiger charge is 2.21. The summed E-state index contributed by atoms with van der Waals surface area (Å²) >= 11 is 0. The van der Waals surface area contributed by atoms with Crippen LogP contribution in [0.15, 0.2) is 48.5 Å². The van der Waals surface area contributed by atoms with Crippen LogP contribution >= 0.6 is 0 Å². The molecule has 30 heavy (non-hydrogen) atoms. The lowest BCUT2D eigenvalue weighted by Gasteiger charge is -2.33. The second-order valence-electron chi connectivity index (χ2n) is 7.76. The smallest absolute Gasteiger partial charge is 0.319 e. The summed E-state index contributed by atoms with van der Waals surface area (Å²) in [5.41, 5.74) is 2.16. The summed E-state index contributed by atoms with van der Waals surface area (Å²) in [6, 6.07) is 15.0. The molecule has 0 saturated carbocycles. The van der Waals surface area contributed by atoms with Crippen molar-refractivity contribution in [3.05, 3.63) is 65.5 Å². The first kappa shape index (κ1) is 21.8. The third-order valence-corrected chi connectivity index (χ3v) is 5.36. The van der Waals surface area contributed by atoms with Gasteiger partial charge in [-0.05, 0) is 74.2 Å². The maximum absolute atomic E-state index is 13.0. The van der Waals surface area contributed by atoms with Gasteiger partial charge in [-0.15, -0.1) is 0 Å². The number of β-amino-alcohol motifs (C(OH)–C–C–N with tert-alkyl or cyclic N) is 1. The molecular weight excluding hydrogens is 383 g/mol. The van der Waals surface area contributed by atoms with Crippen LogP contribution in [0, 0.1) is 23.1 Å². The monoisotopic (exact) mass is 410 g/mol. The summed E-state index contributed by atoms with van der Waals surface area (Å²) in [4.78, 5) is 14.2. The highest BCUT2D eigenvalue weighted by atomic mass is 19.1. The third-order valence-electron chi connectivity index (χ3n) is 5.36. The normalized spacial score (nSPS) is 15.9. The summed E-state index contributed by atoms with van der Waals surface area (Å²) in [7, 11) is 0. The van der Waals surface area contributed by atoms with Crippen molar-refractivity contribution in [3.8, 4) is 6.07 Å². The van der Waals surface area contributed by atoms with E-state index in [0.717, 1.165) is 37.9 Å². The van der Waals surface area contributed by atoms with Gasteiger partial charge in [-0.1, -0.05) is 18.2 Å². The number of piperidine rings is 1. The van der Waals surface area contributed by atoms with E-state index in [9.17, 15) is 14.3 Å². The molecule has 0 radical (unpaired) electrons. The number of aliphatic hydroxyl groups is 1. The molecule has 6 nitrogen and oxygen atoms in total. The Labute approximate surface area is 176 Å². The van der Waals surface area contributed by atoms with Gasteiger partial charge in [-0.2, -0.15) is 5.26 Å². The molecule has 0 bridgehead atoms. The number of halogens is 1.